The van der Waals surface area contributed by atoms with Gasteiger partial charge in [-0.25, -0.2) is 4.79 Å². The molecule has 0 N–H and O–H groups in total. The van der Waals surface area contributed by atoms with Gasteiger partial charge in [-0.15, -0.1) is 0 Å². The number of hydrogen-bond donors (Lipinski definition) is 0. The van der Waals surface area contributed by atoms with E-state index in [1.54, 1.807) is 0 Å². The molecule has 0 bridgehead atoms. The van der Waals surface area contributed by atoms with Crippen LogP contribution >= 0.6 is 0 Å². The van der Waals surface area contributed by atoms with E-state index in [0.717, 1.165) is 6.08 Å². The third kappa shape index (κ3) is 6.33. The van der Waals surface area contributed by atoms with Crippen LogP contribution in [0.5, 0.6) is 0 Å². The topological polar surface area (TPSA) is 38.8 Å². The smallest absolute Gasteiger partial charge is 0.330 e. The lowest BCUT2D eigenvalue weighted by Gasteiger charge is -1.94. The molecule has 1 aromatic carbocycles. The van der Waals surface area contributed by atoms with Crippen molar-refractivity contribution in [3.8, 4) is 0 Å². The molecule has 1 aliphatic heterocycles. The van der Waals surface area contributed by atoms with Crippen LogP contribution in [0.2, 0.25) is 0 Å². The highest BCUT2D eigenvalue weighted by Crippen LogP contribution is 2.08. The van der Waals surface area contributed by atoms with E-state index in [4.69, 9.17) is 4.74 Å². The first-order valence-corrected chi connectivity index (χ1v) is 5.34. The van der Waals surface area contributed by atoms with Crippen molar-refractivity contribution in [2.75, 3.05) is 13.2 Å². The second-order valence-corrected chi connectivity index (χ2v) is 3.40. The standard InChI is InChI=1S/C8H8.C6H8O3/c1-2-8-6-4-3-5-7-8;1-2-6(7)9-4-5-3-8-5/h2-7H,1H2;2,5H,1,3-4H2. The van der Waals surface area contributed by atoms with Crippen LogP contribution in [-0.2, 0) is 14.3 Å². The van der Waals surface area contributed by atoms with Crippen molar-refractivity contribution >= 4 is 12.0 Å². The first-order valence-electron chi connectivity index (χ1n) is 5.34. The van der Waals surface area contributed by atoms with Crippen molar-refractivity contribution in [3.05, 3.63) is 55.1 Å². The van der Waals surface area contributed by atoms with E-state index in [0.29, 0.717) is 13.2 Å². The molecule has 3 heteroatoms. The third-order valence-corrected chi connectivity index (χ3v) is 2.02. The zero-order valence-electron chi connectivity index (χ0n) is 9.67. The second kappa shape index (κ2) is 7.41. The van der Waals surface area contributed by atoms with Gasteiger partial charge in [0.05, 0.1) is 6.61 Å². The van der Waals surface area contributed by atoms with Gasteiger partial charge in [0.25, 0.3) is 0 Å². The molecular formula is C14H16O3. The lowest BCUT2D eigenvalue weighted by molar-refractivity contribution is -0.138. The van der Waals surface area contributed by atoms with Crippen molar-refractivity contribution in [1.82, 2.24) is 0 Å². The molecule has 1 heterocycles. The lowest BCUT2D eigenvalue weighted by Crippen LogP contribution is -2.06. The van der Waals surface area contributed by atoms with E-state index in [2.05, 4.69) is 17.9 Å². The van der Waals surface area contributed by atoms with Crippen molar-refractivity contribution in [1.29, 1.82) is 0 Å². The molecule has 0 saturated carbocycles. The van der Waals surface area contributed by atoms with Crippen molar-refractivity contribution < 1.29 is 14.3 Å². The molecule has 0 amide bonds. The fraction of sp³-hybridized carbons (Fsp3) is 0.214. The van der Waals surface area contributed by atoms with Crippen molar-refractivity contribution in [2.45, 2.75) is 6.10 Å². The Labute approximate surface area is 101 Å². The van der Waals surface area contributed by atoms with Crippen LogP contribution in [0, 0.1) is 0 Å². The van der Waals surface area contributed by atoms with Gasteiger partial charge in [0.2, 0.25) is 0 Å². The zero-order chi connectivity index (χ0) is 12.5. The number of esters is 1. The molecule has 2 rings (SSSR count). The average molecular weight is 232 g/mol. The number of carbonyl (C=O) groups is 1. The summed E-state index contributed by atoms with van der Waals surface area (Å²) in [5, 5.41) is 0. The molecule has 1 saturated heterocycles. The summed E-state index contributed by atoms with van der Waals surface area (Å²) < 4.78 is 9.42. The summed E-state index contributed by atoms with van der Waals surface area (Å²) in [5.74, 6) is -0.384. The summed E-state index contributed by atoms with van der Waals surface area (Å²) in [4.78, 5) is 10.3. The summed E-state index contributed by atoms with van der Waals surface area (Å²) in [7, 11) is 0. The molecule has 0 aromatic heterocycles. The Morgan fingerprint density at radius 3 is 2.47 bits per heavy atom. The maximum Gasteiger partial charge on any atom is 0.330 e. The molecule has 1 aliphatic rings. The molecule has 90 valence electrons. The van der Waals surface area contributed by atoms with Crippen LogP contribution < -0.4 is 0 Å². The maximum absolute atomic E-state index is 10.3. The van der Waals surface area contributed by atoms with Gasteiger partial charge in [0.15, 0.2) is 0 Å². The molecule has 1 fully saturated rings. The number of carbonyl (C=O) groups excluding carboxylic acids is 1. The summed E-state index contributed by atoms with van der Waals surface area (Å²) in [5.41, 5.74) is 1.17. The minimum atomic E-state index is -0.384. The molecule has 0 aliphatic carbocycles. The van der Waals surface area contributed by atoms with Crippen LogP contribution in [0.1, 0.15) is 5.56 Å². The predicted octanol–water partition coefficient (Wildman–Crippen LogP) is 2.44. The van der Waals surface area contributed by atoms with Crippen LogP contribution in [0.25, 0.3) is 6.08 Å². The Balaban J connectivity index is 0.000000171. The Hall–Kier alpha value is -1.87. The van der Waals surface area contributed by atoms with Gasteiger partial charge in [-0.3, -0.25) is 0 Å². The number of epoxide rings is 1. The summed E-state index contributed by atoms with van der Waals surface area (Å²) >= 11 is 0. The molecule has 1 aromatic rings. The van der Waals surface area contributed by atoms with Gasteiger partial charge in [0, 0.05) is 6.08 Å². The SMILES string of the molecule is C=CC(=O)OCC1CO1.C=Cc1ccccc1. The number of rotatable bonds is 4. The monoisotopic (exact) mass is 232 g/mol. The van der Waals surface area contributed by atoms with E-state index in [-0.39, 0.29) is 12.1 Å². The first kappa shape index (κ1) is 13.2. The van der Waals surface area contributed by atoms with E-state index >= 15 is 0 Å². The normalized spacial score (nSPS) is 16.1. The fourth-order valence-electron chi connectivity index (χ4n) is 0.987. The molecular weight excluding hydrogens is 216 g/mol. The molecule has 1 unspecified atom stereocenters. The minimum absolute atomic E-state index is 0.147. The molecule has 3 nitrogen and oxygen atoms in total. The van der Waals surface area contributed by atoms with E-state index in [9.17, 15) is 4.79 Å². The predicted molar refractivity (Wildman–Crippen MR) is 67.4 cm³/mol. The van der Waals surface area contributed by atoms with Gasteiger partial charge in [0.1, 0.15) is 12.7 Å². The van der Waals surface area contributed by atoms with Crippen LogP contribution in [0.3, 0.4) is 0 Å². The van der Waals surface area contributed by atoms with Gasteiger partial charge in [-0.2, -0.15) is 0 Å². The summed E-state index contributed by atoms with van der Waals surface area (Å²) in [6.45, 7) is 7.95. The van der Waals surface area contributed by atoms with Gasteiger partial charge in [-0.05, 0) is 5.56 Å². The van der Waals surface area contributed by atoms with Gasteiger partial charge in [-0.1, -0.05) is 49.6 Å². The Morgan fingerprint density at radius 1 is 1.41 bits per heavy atom. The molecule has 0 spiro atoms. The second-order valence-electron chi connectivity index (χ2n) is 3.40. The summed E-state index contributed by atoms with van der Waals surface area (Å²) in [6, 6.07) is 10.0. The largest absolute Gasteiger partial charge is 0.460 e. The van der Waals surface area contributed by atoms with E-state index in [1.807, 2.05) is 36.4 Å². The Bertz CT molecular complexity index is 366. The highest BCUT2D eigenvalue weighted by molar-refractivity contribution is 5.81. The quantitative estimate of drug-likeness (QED) is 0.454. The third-order valence-electron chi connectivity index (χ3n) is 2.02. The van der Waals surface area contributed by atoms with Crippen molar-refractivity contribution in [3.63, 3.8) is 0 Å². The Morgan fingerprint density at radius 2 is 2.06 bits per heavy atom. The van der Waals surface area contributed by atoms with Crippen LogP contribution in [-0.4, -0.2) is 25.3 Å². The highest BCUT2D eigenvalue weighted by atomic mass is 16.6. The summed E-state index contributed by atoms with van der Waals surface area (Å²) in [6.07, 6.45) is 3.12. The first-order chi connectivity index (χ1) is 8.26. The fourth-order valence-corrected chi connectivity index (χ4v) is 0.987. The Kier molecular flexibility index (Phi) is 5.75. The van der Waals surface area contributed by atoms with Crippen molar-refractivity contribution in [2.24, 2.45) is 0 Å². The van der Waals surface area contributed by atoms with Crippen LogP contribution in [0.15, 0.2) is 49.6 Å². The molecule has 17 heavy (non-hydrogen) atoms. The number of ether oxygens (including phenoxy) is 2. The van der Waals surface area contributed by atoms with Gasteiger partial charge < -0.3 is 9.47 Å². The van der Waals surface area contributed by atoms with E-state index < -0.39 is 0 Å². The molecule has 0 radical (unpaired) electrons. The number of benzene rings is 1. The highest BCUT2D eigenvalue weighted by Gasteiger charge is 2.23. The van der Waals surface area contributed by atoms with E-state index in [1.165, 1.54) is 5.56 Å². The maximum atomic E-state index is 10.3. The zero-order valence-corrected chi connectivity index (χ0v) is 9.67. The minimum Gasteiger partial charge on any atom is -0.460 e. The lowest BCUT2D eigenvalue weighted by atomic mass is 10.2. The van der Waals surface area contributed by atoms with Crippen LogP contribution in [0.4, 0.5) is 0 Å². The molecule has 1 atom stereocenters. The number of hydrogen-bond acceptors (Lipinski definition) is 3. The average Bonchev–Trinajstić information content (AvgIpc) is 3.21. The van der Waals surface area contributed by atoms with Gasteiger partial charge >= 0.3 is 5.97 Å².